The molecular weight excluding hydrogens is 348 g/mol. The van der Waals surface area contributed by atoms with Crippen LogP contribution in [-0.2, 0) is 11.4 Å². The number of amides is 2. The zero-order chi connectivity index (χ0) is 18.9. The minimum atomic E-state index is -0.490. The lowest BCUT2D eigenvalue weighted by molar-refractivity contribution is -0.123. The molecule has 0 radical (unpaired) electrons. The molecule has 0 unspecified atom stereocenters. The Labute approximate surface area is 155 Å². The number of carbonyl (C=O) groups is 2. The summed E-state index contributed by atoms with van der Waals surface area (Å²) in [7, 11) is 0. The minimum absolute atomic E-state index is 0.240. The van der Waals surface area contributed by atoms with E-state index in [2.05, 4.69) is 10.9 Å². The van der Waals surface area contributed by atoms with Gasteiger partial charge in [0.2, 0.25) is 0 Å². The van der Waals surface area contributed by atoms with Gasteiger partial charge < -0.3 is 13.9 Å². The minimum Gasteiger partial charge on any atom is -0.489 e. The molecule has 1 heterocycles. The van der Waals surface area contributed by atoms with Gasteiger partial charge in [0.1, 0.15) is 24.4 Å². The van der Waals surface area contributed by atoms with Gasteiger partial charge in [-0.2, -0.15) is 0 Å². The van der Waals surface area contributed by atoms with E-state index in [1.165, 1.54) is 18.6 Å². The first-order chi connectivity index (χ1) is 13.2. The molecule has 0 aliphatic carbocycles. The Morgan fingerprint density at radius 2 is 1.56 bits per heavy atom. The van der Waals surface area contributed by atoms with Gasteiger partial charge in [-0.25, -0.2) is 0 Å². The Hall–Kier alpha value is -3.74. The highest BCUT2D eigenvalue weighted by molar-refractivity contribution is 5.95. The van der Waals surface area contributed by atoms with Crippen molar-refractivity contribution >= 4 is 11.8 Å². The highest BCUT2D eigenvalue weighted by atomic mass is 16.5. The molecule has 0 aliphatic heterocycles. The summed E-state index contributed by atoms with van der Waals surface area (Å²) in [6.45, 7) is 0.232. The van der Waals surface area contributed by atoms with Crippen LogP contribution in [0, 0.1) is 0 Å². The van der Waals surface area contributed by atoms with E-state index < -0.39 is 11.8 Å². The lowest BCUT2D eigenvalue weighted by Crippen LogP contribution is -2.43. The van der Waals surface area contributed by atoms with Crippen molar-refractivity contribution in [3.8, 4) is 11.5 Å². The fourth-order valence-electron chi connectivity index (χ4n) is 2.15. The summed E-state index contributed by atoms with van der Waals surface area (Å²) >= 11 is 0. The molecule has 1 aromatic heterocycles. The Bertz CT molecular complexity index is 861. The highest BCUT2D eigenvalue weighted by Gasteiger charge is 2.08. The lowest BCUT2D eigenvalue weighted by Gasteiger charge is -2.09. The lowest BCUT2D eigenvalue weighted by atomic mass is 10.2. The average molecular weight is 366 g/mol. The van der Waals surface area contributed by atoms with Crippen LogP contribution >= 0.6 is 0 Å². The zero-order valence-electron chi connectivity index (χ0n) is 14.4. The Kier molecular flexibility index (Phi) is 6.08. The Balaban J connectivity index is 1.39. The quantitative estimate of drug-likeness (QED) is 0.628. The maximum absolute atomic E-state index is 11.7. The summed E-state index contributed by atoms with van der Waals surface area (Å²) in [6, 6.07) is 18.3. The van der Waals surface area contributed by atoms with E-state index in [-0.39, 0.29) is 6.61 Å². The standard InChI is InChI=1S/C20H18N2O5/c23-19(21-22-20(24)16-10-11-25-13-16)14-27-18-8-6-17(7-9-18)26-12-15-4-2-1-3-5-15/h1-11,13H,12,14H2,(H,21,23)(H,22,24). The second-order valence-corrected chi connectivity index (χ2v) is 5.55. The number of hydrazine groups is 1. The largest absolute Gasteiger partial charge is 0.489 e. The molecule has 2 aromatic carbocycles. The number of nitrogens with one attached hydrogen (secondary N) is 2. The third-order valence-corrected chi connectivity index (χ3v) is 3.54. The van der Waals surface area contributed by atoms with Crippen molar-refractivity contribution in [1.82, 2.24) is 10.9 Å². The molecule has 27 heavy (non-hydrogen) atoms. The summed E-state index contributed by atoms with van der Waals surface area (Å²) in [6.07, 6.45) is 2.65. The monoisotopic (exact) mass is 366 g/mol. The fourth-order valence-corrected chi connectivity index (χ4v) is 2.15. The van der Waals surface area contributed by atoms with Crippen molar-refractivity contribution in [2.24, 2.45) is 0 Å². The molecule has 0 fully saturated rings. The normalized spacial score (nSPS) is 10.1. The molecule has 138 valence electrons. The van der Waals surface area contributed by atoms with Crippen molar-refractivity contribution in [3.63, 3.8) is 0 Å². The van der Waals surface area contributed by atoms with Crippen LogP contribution in [0.4, 0.5) is 0 Å². The SMILES string of the molecule is O=C(COc1ccc(OCc2ccccc2)cc1)NNC(=O)c1ccoc1. The van der Waals surface area contributed by atoms with E-state index in [1.807, 2.05) is 30.3 Å². The van der Waals surface area contributed by atoms with E-state index in [1.54, 1.807) is 24.3 Å². The van der Waals surface area contributed by atoms with Gasteiger partial charge in [0.05, 0.1) is 11.8 Å². The average Bonchev–Trinajstić information content (AvgIpc) is 3.25. The third-order valence-electron chi connectivity index (χ3n) is 3.54. The molecular formula is C20H18N2O5. The molecule has 0 saturated carbocycles. The molecule has 0 saturated heterocycles. The molecule has 0 bridgehead atoms. The first-order valence-electron chi connectivity index (χ1n) is 8.22. The van der Waals surface area contributed by atoms with Crippen LogP contribution in [0.3, 0.4) is 0 Å². The number of rotatable bonds is 7. The molecule has 3 aromatic rings. The van der Waals surface area contributed by atoms with E-state index in [9.17, 15) is 9.59 Å². The summed E-state index contributed by atoms with van der Waals surface area (Å²) in [5.74, 6) is 0.245. The topological polar surface area (TPSA) is 89.8 Å². The highest BCUT2D eigenvalue weighted by Crippen LogP contribution is 2.18. The predicted octanol–water partition coefficient (Wildman–Crippen LogP) is 2.70. The van der Waals surface area contributed by atoms with Gasteiger partial charge in [0.25, 0.3) is 11.8 Å². The van der Waals surface area contributed by atoms with Gasteiger partial charge in [-0.15, -0.1) is 0 Å². The first-order valence-corrected chi connectivity index (χ1v) is 8.22. The molecule has 3 rings (SSSR count). The summed E-state index contributed by atoms with van der Waals surface area (Å²) in [5, 5.41) is 0. The number of carbonyl (C=O) groups excluding carboxylic acids is 2. The van der Waals surface area contributed by atoms with Crippen molar-refractivity contribution in [3.05, 3.63) is 84.3 Å². The molecule has 0 spiro atoms. The Morgan fingerprint density at radius 1 is 0.852 bits per heavy atom. The number of ether oxygens (including phenoxy) is 2. The predicted molar refractivity (Wildman–Crippen MR) is 97.0 cm³/mol. The third kappa shape index (κ3) is 5.64. The van der Waals surface area contributed by atoms with Crippen LogP contribution in [0.25, 0.3) is 0 Å². The van der Waals surface area contributed by atoms with Gasteiger partial charge in [-0.05, 0) is 35.9 Å². The van der Waals surface area contributed by atoms with Crippen molar-refractivity contribution in [2.45, 2.75) is 6.61 Å². The van der Waals surface area contributed by atoms with Gasteiger partial charge in [-0.1, -0.05) is 30.3 Å². The number of furan rings is 1. The number of hydrogen-bond acceptors (Lipinski definition) is 5. The maximum Gasteiger partial charge on any atom is 0.276 e. The van der Waals surface area contributed by atoms with Crippen LogP contribution in [0.15, 0.2) is 77.6 Å². The molecule has 0 aliphatic rings. The van der Waals surface area contributed by atoms with Crippen LogP contribution in [0.5, 0.6) is 11.5 Å². The molecule has 7 nitrogen and oxygen atoms in total. The first kappa shape index (κ1) is 18.1. The summed E-state index contributed by atoms with van der Waals surface area (Å²) < 4.78 is 15.8. The second-order valence-electron chi connectivity index (χ2n) is 5.55. The summed E-state index contributed by atoms with van der Waals surface area (Å²) in [5.41, 5.74) is 5.91. The van der Waals surface area contributed by atoms with Crippen LogP contribution in [0.2, 0.25) is 0 Å². The van der Waals surface area contributed by atoms with Crippen LogP contribution in [-0.4, -0.2) is 18.4 Å². The molecule has 7 heteroatoms. The van der Waals surface area contributed by atoms with E-state index in [0.717, 1.165) is 5.56 Å². The van der Waals surface area contributed by atoms with Crippen LogP contribution < -0.4 is 20.3 Å². The zero-order valence-corrected chi connectivity index (χ0v) is 14.4. The van der Waals surface area contributed by atoms with E-state index in [4.69, 9.17) is 13.9 Å². The van der Waals surface area contributed by atoms with Gasteiger partial charge in [-0.3, -0.25) is 20.4 Å². The van der Waals surface area contributed by atoms with E-state index >= 15 is 0 Å². The van der Waals surface area contributed by atoms with Gasteiger partial charge in [0, 0.05) is 0 Å². The molecule has 2 amide bonds. The number of hydrogen-bond donors (Lipinski definition) is 2. The number of benzene rings is 2. The molecule has 0 atom stereocenters. The van der Waals surface area contributed by atoms with Crippen molar-refractivity contribution in [1.29, 1.82) is 0 Å². The second kappa shape index (κ2) is 9.10. The maximum atomic E-state index is 11.7. The Morgan fingerprint density at radius 3 is 2.22 bits per heavy atom. The van der Waals surface area contributed by atoms with E-state index in [0.29, 0.717) is 23.7 Å². The van der Waals surface area contributed by atoms with Gasteiger partial charge in [0.15, 0.2) is 6.61 Å². The van der Waals surface area contributed by atoms with Crippen molar-refractivity contribution < 1.29 is 23.5 Å². The fraction of sp³-hybridized carbons (Fsp3) is 0.100. The molecule has 2 N–H and O–H groups in total. The van der Waals surface area contributed by atoms with Crippen LogP contribution in [0.1, 0.15) is 15.9 Å². The smallest absolute Gasteiger partial charge is 0.276 e. The van der Waals surface area contributed by atoms with Gasteiger partial charge >= 0.3 is 0 Å². The van der Waals surface area contributed by atoms with Crippen molar-refractivity contribution in [2.75, 3.05) is 6.61 Å². The summed E-state index contributed by atoms with van der Waals surface area (Å²) in [4.78, 5) is 23.4.